The van der Waals surface area contributed by atoms with Gasteiger partial charge in [-0.2, -0.15) is 5.26 Å². The molecule has 25 heavy (non-hydrogen) atoms. The van der Waals surface area contributed by atoms with E-state index in [1.165, 1.54) is 5.56 Å². The molecule has 0 saturated heterocycles. The number of benzene rings is 2. The van der Waals surface area contributed by atoms with Crippen LogP contribution in [0.5, 0.6) is 11.5 Å². The van der Waals surface area contributed by atoms with Crippen LogP contribution in [-0.4, -0.2) is 19.2 Å². The lowest BCUT2D eigenvalue weighted by molar-refractivity contribution is 0.356. The highest BCUT2D eigenvalue weighted by Gasteiger charge is 2.14. The first kappa shape index (κ1) is 16.6. The molecule has 5 nitrogen and oxygen atoms in total. The number of methoxy groups -OCH3 is 2. The molecule has 0 aliphatic heterocycles. The van der Waals surface area contributed by atoms with E-state index in [0.29, 0.717) is 22.7 Å². The summed E-state index contributed by atoms with van der Waals surface area (Å²) in [6.45, 7) is 2.12. The van der Waals surface area contributed by atoms with Gasteiger partial charge < -0.3 is 14.8 Å². The van der Waals surface area contributed by atoms with Gasteiger partial charge in [0.2, 0.25) is 0 Å². The summed E-state index contributed by atoms with van der Waals surface area (Å²) >= 11 is 0. The third-order valence-electron chi connectivity index (χ3n) is 4.13. The lowest BCUT2D eigenvalue weighted by atomic mass is 10.1. The van der Waals surface area contributed by atoms with E-state index < -0.39 is 0 Å². The van der Waals surface area contributed by atoms with E-state index in [4.69, 9.17) is 9.47 Å². The van der Waals surface area contributed by atoms with Crippen molar-refractivity contribution in [1.29, 1.82) is 5.26 Å². The van der Waals surface area contributed by atoms with Crippen molar-refractivity contribution in [1.82, 2.24) is 4.98 Å². The molecule has 0 spiro atoms. The molecule has 0 radical (unpaired) electrons. The Labute approximate surface area is 146 Å². The lowest BCUT2D eigenvalue weighted by Crippen LogP contribution is -1.98. The van der Waals surface area contributed by atoms with E-state index in [0.717, 1.165) is 23.0 Å². The summed E-state index contributed by atoms with van der Waals surface area (Å²) < 4.78 is 10.7. The zero-order valence-electron chi connectivity index (χ0n) is 14.5. The van der Waals surface area contributed by atoms with Crippen LogP contribution in [0.2, 0.25) is 0 Å². The van der Waals surface area contributed by atoms with Gasteiger partial charge in [0.15, 0.2) is 11.5 Å². The Kier molecular flexibility index (Phi) is 4.71. The van der Waals surface area contributed by atoms with Crippen molar-refractivity contribution in [3.05, 3.63) is 53.7 Å². The fourth-order valence-corrected chi connectivity index (χ4v) is 2.71. The van der Waals surface area contributed by atoms with Crippen LogP contribution in [0.25, 0.3) is 10.9 Å². The molecule has 0 amide bonds. The largest absolute Gasteiger partial charge is 0.493 e. The standard InChI is InChI=1S/C20H19N3O2/c1-4-13-5-7-15(8-6-13)23-20-14(11-21)12-22-17-10-19(25-3)18(24-2)9-16(17)20/h5-10,12H,4H2,1-3H3,(H,22,23). The Morgan fingerprint density at radius 3 is 2.36 bits per heavy atom. The average Bonchev–Trinajstić information content (AvgIpc) is 2.67. The molecule has 2 aromatic carbocycles. The van der Waals surface area contributed by atoms with Crippen LogP contribution < -0.4 is 14.8 Å². The van der Waals surface area contributed by atoms with Crippen LogP contribution in [-0.2, 0) is 6.42 Å². The van der Waals surface area contributed by atoms with Gasteiger partial charge in [0.05, 0.1) is 31.0 Å². The first-order valence-electron chi connectivity index (χ1n) is 8.01. The van der Waals surface area contributed by atoms with Crippen molar-refractivity contribution in [2.24, 2.45) is 0 Å². The van der Waals surface area contributed by atoms with Crippen LogP contribution in [0.3, 0.4) is 0 Å². The quantitative estimate of drug-likeness (QED) is 0.748. The highest BCUT2D eigenvalue weighted by molar-refractivity contribution is 5.97. The van der Waals surface area contributed by atoms with Crippen LogP contribution in [0.1, 0.15) is 18.1 Å². The highest BCUT2D eigenvalue weighted by Crippen LogP contribution is 2.36. The molecule has 126 valence electrons. The van der Waals surface area contributed by atoms with Crippen LogP contribution in [0.15, 0.2) is 42.6 Å². The molecule has 3 aromatic rings. The average molecular weight is 333 g/mol. The second-order valence-corrected chi connectivity index (χ2v) is 5.56. The van der Waals surface area contributed by atoms with Crippen molar-refractivity contribution >= 4 is 22.3 Å². The molecular formula is C20H19N3O2. The summed E-state index contributed by atoms with van der Waals surface area (Å²) in [6.07, 6.45) is 2.55. The summed E-state index contributed by atoms with van der Waals surface area (Å²) in [5.41, 5.74) is 4.08. The Bertz CT molecular complexity index is 944. The summed E-state index contributed by atoms with van der Waals surface area (Å²) in [4.78, 5) is 4.37. The van der Waals surface area contributed by atoms with Gasteiger partial charge in [0, 0.05) is 23.3 Å². The van der Waals surface area contributed by atoms with Crippen LogP contribution in [0, 0.1) is 11.3 Å². The molecule has 3 rings (SSSR count). The fourth-order valence-electron chi connectivity index (χ4n) is 2.71. The van der Waals surface area contributed by atoms with Crippen molar-refractivity contribution in [3.63, 3.8) is 0 Å². The Hall–Kier alpha value is -3.26. The zero-order chi connectivity index (χ0) is 17.8. The van der Waals surface area contributed by atoms with E-state index >= 15 is 0 Å². The second kappa shape index (κ2) is 7.10. The summed E-state index contributed by atoms with van der Waals surface area (Å²) in [6, 6.07) is 14.0. The molecular weight excluding hydrogens is 314 g/mol. The predicted octanol–water partition coefficient (Wildman–Crippen LogP) is 4.43. The highest BCUT2D eigenvalue weighted by atomic mass is 16.5. The maximum Gasteiger partial charge on any atom is 0.162 e. The maximum absolute atomic E-state index is 9.48. The third-order valence-corrected chi connectivity index (χ3v) is 4.13. The second-order valence-electron chi connectivity index (χ2n) is 5.56. The molecule has 0 unspecified atom stereocenters. The van der Waals surface area contributed by atoms with Crippen molar-refractivity contribution in [2.75, 3.05) is 19.5 Å². The number of ether oxygens (including phenoxy) is 2. The summed E-state index contributed by atoms with van der Waals surface area (Å²) in [5, 5.41) is 13.6. The lowest BCUT2D eigenvalue weighted by Gasteiger charge is -2.14. The van der Waals surface area contributed by atoms with Gasteiger partial charge in [-0.15, -0.1) is 0 Å². The van der Waals surface area contributed by atoms with Crippen molar-refractivity contribution < 1.29 is 9.47 Å². The molecule has 0 aliphatic carbocycles. The molecule has 0 atom stereocenters. The monoisotopic (exact) mass is 333 g/mol. The first-order chi connectivity index (χ1) is 12.2. The molecule has 1 aromatic heterocycles. The van der Waals surface area contributed by atoms with Crippen LogP contribution in [0.4, 0.5) is 11.4 Å². The minimum atomic E-state index is 0.472. The van der Waals surface area contributed by atoms with Gasteiger partial charge in [0.1, 0.15) is 6.07 Å². The number of nitriles is 1. The number of pyridine rings is 1. The Balaban J connectivity index is 2.15. The van der Waals surface area contributed by atoms with Crippen LogP contribution >= 0.6 is 0 Å². The van der Waals surface area contributed by atoms with E-state index in [1.807, 2.05) is 18.2 Å². The van der Waals surface area contributed by atoms with Gasteiger partial charge in [-0.1, -0.05) is 19.1 Å². The van der Waals surface area contributed by atoms with Crippen molar-refractivity contribution in [2.45, 2.75) is 13.3 Å². The van der Waals surface area contributed by atoms with E-state index in [-0.39, 0.29) is 0 Å². The molecule has 0 bridgehead atoms. The van der Waals surface area contributed by atoms with Gasteiger partial charge in [-0.05, 0) is 30.2 Å². The fraction of sp³-hybridized carbons (Fsp3) is 0.200. The van der Waals surface area contributed by atoms with Gasteiger partial charge in [-0.3, -0.25) is 4.98 Å². The number of fused-ring (bicyclic) bond motifs is 1. The Morgan fingerprint density at radius 2 is 1.76 bits per heavy atom. The summed E-state index contributed by atoms with van der Waals surface area (Å²) in [5.74, 6) is 1.20. The first-order valence-corrected chi connectivity index (χ1v) is 8.01. The van der Waals surface area contributed by atoms with E-state index in [2.05, 4.69) is 35.4 Å². The van der Waals surface area contributed by atoms with Gasteiger partial charge in [0.25, 0.3) is 0 Å². The van der Waals surface area contributed by atoms with E-state index in [1.54, 1.807) is 26.5 Å². The molecule has 1 heterocycles. The smallest absolute Gasteiger partial charge is 0.162 e. The number of nitrogens with one attached hydrogen (secondary N) is 1. The third kappa shape index (κ3) is 3.20. The Morgan fingerprint density at radius 1 is 1.08 bits per heavy atom. The normalized spacial score (nSPS) is 10.3. The zero-order valence-corrected chi connectivity index (χ0v) is 14.5. The number of anilines is 2. The molecule has 1 N–H and O–H groups in total. The number of aryl methyl sites for hydroxylation is 1. The molecule has 0 saturated carbocycles. The molecule has 0 fully saturated rings. The number of hydrogen-bond acceptors (Lipinski definition) is 5. The molecule has 5 heteroatoms. The summed E-state index contributed by atoms with van der Waals surface area (Å²) in [7, 11) is 3.17. The number of rotatable bonds is 5. The minimum Gasteiger partial charge on any atom is -0.493 e. The van der Waals surface area contributed by atoms with Gasteiger partial charge in [-0.25, -0.2) is 0 Å². The van der Waals surface area contributed by atoms with E-state index in [9.17, 15) is 5.26 Å². The number of hydrogen-bond donors (Lipinski definition) is 1. The van der Waals surface area contributed by atoms with Crippen molar-refractivity contribution in [3.8, 4) is 17.6 Å². The molecule has 0 aliphatic rings. The topological polar surface area (TPSA) is 67.2 Å². The minimum absolute atomic E-state index is 0.472. The van der Waals surface area contributed by atoms with Gasteiger partial charge >= 0.3 is 0 Å². The predicted molar refractivity (Wildman–Crippen MR) is 98.7 cm³/mol. The maximum atomic E-state index is 9.48. The number of aromatic nitrogens is 1. The number of nitrogens with zero attached hydrogens (tertiary/aromatic N) is 2. The SMILES string of the molecule is CCc1ccc(Nc2c(C#N)cnc3cc(OC)c(OC)cc23)cc1.